The summed E-state index contributed by atoms with van der Waals surface area (Å²) in [5.41, 5.74) is 5.05. The maximum Gasteiger partial charge on any atom is 0.131 e. The van der Waals surface area contributed by atoms with E-state index in [4.69, 9.17) is 0 Å². The molecule has 1 aromatic carbocycles. The van der Waals surface area contributed by atoms with Crippen LogP contribution in [0.25, 0.3) is 17.1 Å². The zero-order chi connectivity index (χ0) is 20.8. The lowest BCUT2D eigenvalue weighted by atomic mass is 10.1. The van der Waals surface area contributed by atoms with Gasteiger partial charge < -0.3 is 0 Å². The number of aryl methyl sites for hydroxylation is 1. The molecule has 0 atom stereocenters. The smallest absolute Gasteiger partial charge is 0.131 e. The van der Waals surface area contributed by atoms with Gasteiger partial charge in [-0.1, -0.05) is 37.6 Å². The Morgan fingerprint density at radius 3 is 2.86 bits per heavy atom. The number of halogens is 1. The molecule has 0 bridgehead atoms. The minimum atomic E-state index is -0.144. The van der Waals surface area contributed by atoms with Crippen molar-refractivity contribution >= 4 is 5.70 Å². The van der Waals surface area contributed by atoms with E-state index in [9.17, 15) is 4.39 Å². The van der Waals surface area contributed by atoms with E-state index in [2.05, 4.69) is 28.2 Å². The molecular formula is C23H30FN5. The van der Waals surface area contributed by atoms with E-state index in [1.807, 2.05) is 46.9 Å². The van der Waals surface area contributed by atoms with Gasteiger partial charge in [-0.05, 0) is 37.5 Å². The Bertz CT molecular complexity index is 1030. The van der Waals surface area contributed by atoms with Crippen LogP contribution in [0.1, 0.15) is 44.3 Å². The van der Waals surface area contributed by atoms with Gasteiger partial charge >= 0.3 is 0 Å². The molecule has 0 unspecified atom stereocenters. The predicted molar refractivity (Wildman–Crippen MR) is 117 cm³/mol. The van der Waals surface area contributed by atoms with E-state index in [1.165, 1.54) is 0 Å². The number of pyridine rings is 1. The van der Waals surface area contributed by atoms with Gasteiger partial charge in [0, 0.05) is 39.0 Å². The Kier molecular flexibility index (Phi) is 6.75. The average Bonchev–Trinajstić information content (AvgIpc) is 2.73. The minimum absolute atomic E-state index is 0. The Labute approximate surface area is 173 Å². The highest BCUT2D eigenvalue weighted by Crippen LogP contribution is 2.25. The van der Waals surface area contributed by atoms with Crippen molar-refractivity contribution in [3.8, 4) is 11.4 Å². The van der Waals surface area contributed by atoms with Crippen LogP contribution in [0, 0.1) is 12.7 Å². The fraction of sp³-hybridized carbons (Fsp3) is 0.348. The Hall–Kier alpha value is -3.02. The lowest BCUT2D eigenvalue weighted by molar-refractivity contribution is 0.482. The van der Waals surface area contributed by atoms with E-state index in [0.29, 0.717) is 17.7 Å². The molecule has 6 heteroatoms. The van der Waals surface area contributed by atoms with Crippen LogP contribution < -0.4 is 0 Å². The zero-order valence-electron chi connectivity index (χ0n) is 17.6. The number of nitrogens with zero attached hydrogens (tertiary/aromatic N) is 5. The number of benzene rings is 1. The lowest BCUT2D eigenvalue weighted by Crippen LogP contribution is -2.22. The van der Waals surface area contributed by atoms with E-state index in [-0.39, 0.29) is 7.24 Å². The van der Waals surface area contributed by atoms with Crippen LogP contribution in [0.3, 0.4) is 0 Å². The van der Waals surface area contributed by atoms with Crippen LogP contribution in [0.2, 0.25) is 0 Å². The quantitative estimate of drug-likeness (QED) is 0.329. The summed E-state index contributed by atoms with van der Waals surface area (Å²) in [5, 5.41) is 8.25. The van der Waals surface area contributed by atoms with Gasteiger partial charge in [-0.2, -0.15) is 10.2 Å². The number of allylic oxidation sites excluding steroid dienone is 1. The van der Waals surface area contributed by atoms with E-state index in [0.717, 1.165) is 41.9 Å². The normalized spacial score (nSPS) is 12.2. The van der Waals surface area contributed by atoms with Gasteiger partial charge in [0.15, 0.2) is 0 Å². The molecular weight excluding hydrogens is 365 g/mol. The van der Waals surface area contributed by atoms with Crippen LogP contribution in [0.15, 0.2) is 59.0 Å². The summed E-state index contributed by atoms with van der Waals surface area (Å²) in [6.45, 7) is 4.45. The molecule has 154 valence electrons. The summed E-state index contributed by atoms with van der Waals surface area (Å²) < 4.78 is 18.3. The molecule has 3 aromatic rings. The van der Waals surface area contributed by atoms with Crippen LogP contribution >= 0.6 is 0 Å². The molecule has 3 rings (SSSR count). The van der Waals surface area contributed by atoms with Gasteiger partial charge in [-0.25, -0.2) is 4.39 Å². The number of azo groups is 1. The molecule has 0 fully saturated rings. The third-order valence-electron chi connectivity index (χ3n) is 5.03. The van der Waals surface area contributed by atoms with Crippen molar-refractivity contribution in [1.29, 1.82) is 0 Å². The largest absolute Gasteiger partial charge is 0.286 e. The summed E-state index contributed by atoms with van der Waals surface area (Å²) in [6, 6.07) is 9.48. The molecule has 0 spiro atoms. The topological polar surface area (TPSA) is 47.5 Å². The molecule has 0 N–H and O–H groups in total. The zero-order valence-corrected chi connectivity index (χ0v) is 17.6. The summed E-state index contributed by atoms with van der Waals surface area (Å²) in [6.07, 6.45) is 9.15. The molecule has 5 nitrogen and oxygen atoms in total. The summed E-state index contributed by atoms with van der Waals surface area (Å²) in [4.78, 5) is 4.51. The molecule has 29 heavy (non-hydrogen) atoms. The highest BCUT2D eigenvalue weighted by molar-refractivity contribution is 5.68. The Morgan fingerprint density at radius 2 is 2.14 bits per heavy atom. The SMILES string of the molecule is CCCC/C=C(\N=NC)c1ccnc(-c2cn(Cc3cccc(C)c3F)n2C)c1.[HH]. The first-order valence-corrected chi connectivity index (χ1v) is 9.98. The third kappa shape index (κ3) is 4.70. The minimum Gasteiger partial charge on any atom is -0.286 e. The van der Waals surface area contributed by atoms with Gasteiger partial charge in [0.2, 0.25) is 0 Å². The Morgan fingerprint density at radius 1 is 1.31 bits per heavy atom. The van der Waals surface area contributed by atoms with Crippen molar-refractivity contribution in [2.45, 2.75) is 39.7 Å². The van der Waals surface area contributed by atoms with Crippen LogP contribution in [0.4, 0.5) is 4.39 Å². The monoisotopic (exact) mass is 395 g/mol. The summed E-state index contributed by atoms with van der Waals surface area (Å²) >= 11 is 0. The lowest BCUT2D eigenvalue weighted by Gasteiger charge is -2.24. The van der Waals surface area contributed by atoms with E-state index in [1.54, 1.807) is 26.2 Å². The van der Waals surface area contributed by atoms with E-state index < -0.39 is 0 Å². The molecule has 2 aromatic heterocycles. The number of hydrogen-bond donors (Lipinski definition) is 0. The highest BCUT2D eigenvalue weighted by atomic mass is 19.1. The molecule has 0 aliphatic carbocycles. The van der Waals surface area contributed by atoms with Crippen molar-refractivity contribution in [3.05, 3.63) is 71.3 Å². The predicted octanol–water partition coefficient (Wildman–Crippen LogP) is 6.24. The van der Waals surface area contributed by atoms with Crippen molar-refractivity contribution in [2.24, 2.45) is 17.3 Å². The fourth-order valence-corrected chi connectivity index (χ4v) is 3.28. The maximum atomic E-state index is 14.3. The molecule has 0 aliphatic rings. The number of unbranched alkanes of at least 4 members (excludes halogenated alkanes) is 2. The highest BCUT2D eigenvalue weighted by Gasteiger charge is 2.14. The molecule has 0 aliphatic heterocycles. The molecule has 0 radical (unpaired) electrons. The number of hydrogen-bond acceptors (Lipinski definition) is 3. The van der Waals surface area contributed by atoms with Crippen molar-refractivity contribution < 1.29 is 5.82 Å². The van der Waals surface area contributed by atoms with E-state index >= 15 is 0 Å². The van der Waals surface area contributed by atoms with Gasteiger partial charge in [-0.15, -0.1) is 0 Å². The molecule has 2 heterocycles. The van der Waals surface area contributed by atoms with Crippen molar-refractivity contribution in [2.75, 3.05) is 7.05 Å². The molecule has 0 amide bonds. The molecule has 0 saturated heterocycles. The second-order valence-corrected chi connectivity index (χ2v) is 7.14. The van der Waals surface area contributed by atoms with Crippen molar-refractivity contribution in [3.63, 3.8) is 0 Å². The van der Waals surface area contributed by atoms with Crippen LogP contribution in [-0.2, 0) is 13.6 Å². The Balaban J connectivity index is 0.00000320. The third-order valence-corrected chi connectivity index (χ3v) is 5.03. The van der Waals surface area contributed by atoms with Gasteiger partial charge in [0.1, 0.15) is 11.5 Å². The number of rotatable bonds is 8. The van der Waals surface area contributed by atoms with Crippen molar-refractivity contribution in [1.82, 2.24) is 14.3 Å². The maximum absolute atomic E-state index is 14.3. The fourth-order valence-electron chi connectivity index (χ4n) is 3.28. The summed E-state index contributed by atoms with van der Waals surface area (Å²) in [7, 11) is 3.64. The van der Waals surface area contributed by atoms with Gasteiger partial charge in [-0.3, -0.25) is 14.3 Å². The second kappa shape index (κ2) is 9.45. The first kappa shape index (κ1) is 20.7. The average molecular weight is 396 g/mol. The van der Waals surface area contributed by atoms with Crippen LogP contribution in [0.5, 0.6) is 0 Å². The summed E-state index contributed by atoms with van der Waals surface area (Å²) in [5.74, 6) is -0.144. The first-order valence-electron chi connectivity index (χ1n) is 9.98. The van der Waals surface area contributed by atoms with Crippen LogP contribution in [-0.4, -0.2) is 21.4 Å². The van der Waals surface area contributed by atoms with Gasteiger partial charge in [0.25, 0.3) is 0 Å². The standard InChI is InChI=1S/C23H28FN5.H2/c1-5-6-7-11-20(27-25-3)18-12-13-26-21(14-18)22-16-29(28(22)4)15-19-10-8-9-17(2)23(19)24;/h8-14,16H,5-7,15H2,1-4H3;1H/b20-11-,27-25?;. The van der Waals surface area contributed by atoms with Gasteiger partial charge in [0.05, 0.1) is 17.9 Å². The first-order chi connectivity index (χ1) is 14.0. The molecule has 0 saturated carbocycles. The second-order valence-electron chi connectivity index (χ2n) is 7.14. The number of aromatic nitrogens is 3.